The molecule has 3 heterocycles. The summed E-state index contributed by atoms with van der Waals surface area (Å²) < 4.78 is 7.64. The highest BCUT2D eigenvalue weighted by Gasteiger charge is 2.33. The molecule has 0 unspecified atom stereocenters. The quantitative estimate of drug-likeness (QED) is 0.654. The van der Waals surface area contributed by atoms with Crippen molar-refractivity contribution in [1.82, 2.24) is 24.6 Å². The number of rotatable bonds is 6. The molecule has 1 aromatic carbocycles. The van der Waals surface area contributed by atoms with Gasteiger partial charge in [0.1, 0.15) is 17.0 Å². The Balaban J connectivity index is 1.38. The molecule has 0 radical (unpaired) electrons. The van der Waals surface area contributed by atoms with Crippen LogP contribution in [0.25, 0.3) is 11.0 Å². The zero-order valence-corrected chi connectivity index (χ0v) is 18.4. The van der Waals surface area contributed by atoms with Crippen LogP contribution in [0.15, 0.2) is 35.3 Å². The molecule has 0 bridgehead atoms. The highest BCUT2D eigenvalue weighted by Crippen LogP contribution is 2.33. The Hall–Kier alpha value is -2.67. The summed E-state index contributed by atoms with van der Waals surface area (Å²) in [6.07, 6.45) is 6.37. The van der Waals surface area contributed by atoms with E-state index in [0.717, 1.165) is 49.7 Å². The second-order valence-corrected chi connectivity index (χ2v) is 9.07. The molecule has 1 saturated carbocycles. The molecule has 0 amide bonds. The first-order valence-electron chi connectivity index (χ1n) is 11.5. The summed E-state index contributed by atoms with van der Waals surface area (Å²) in [5.74, 6) is 2.34. The van der Waals surface area contributed by atoms with Crippen LogP contribution >= 0.6 is 0 Å². The van der Waals surface area contributed by atoms with Crippen LogP contribution in [0.5, 0.6) is 5.75 Å². The standard InChI is InChI=1S/C24H31N5O2/c1-3-31-19-10-6-7-17(11-19)14-28-13-16(2)21(15-28)22-26-23-20(24(30)27-22)12-25-29(23)18-8-4-5-9-18/h6-7,10-12,16,18,21H,3-5,8-9,13-15H2,1-2H3,(H,26,27,30)/t16-,21-/m1/s1. The average Bonchev–Trinajstić information content (AvgIpc) is 3.48. The third kappa shape index (κ3) is 3.99. The lowest BCUT2D eigenvalue weighted by Gasteiger charge is -2.17. The number of H-pyrrole nitrogens is 1. The molecule has 31 heavy (non-hydrogen) atoms. The Morgan fingerprint density at radius 2 is 2.06 bits per heavy atom. The van der Waals surface area contributed by atoms with Crippen LogP contribution in [0, 0.1) is 5.92 Å². The zero-order chi connectivity index (χ0) is 21.4. The first kappa shape index (κ1) is 20.2. The van der Waals surface area contributed by atoms with Gasteiger partial charge in [-0.1, -0.05) is 31.9 Å². The summed E-state index contributed by atoms with van der Waals surface area (Å²) in [6.45, 7) is 7.65. The predicted octanol–water partition coefficient (Wildman–Crippen LogP) is 3.87. The largest absolute Gasteiger partial charge is 0.494 e. The van der Waals surface area contributed by atoms with Crippen molar-refractivity contribution in [3.05, 3.63) is 52.2 Å². The fourth-order valence-corrected chi connectivity index (χ4v) is 5.26. The minimum atomic E-state index is -0.0701. The highest BCUT2D eigenvalue weighted by molar-refractivity contribution is 5.73. The summed E-state index contributed by atoms with van der Waals surface area (Å²) in [5, 5.41) is 5.13. The topological polar surface area (TPSA) is 76.0 Å². The van der Waals surface area contributed by atoms with Crippen molar-refractivity contribution >= 4 is 11.0 Å². The molecule has 2 aliphatic rings. The molecule has 3 aromatic rings. The molecule has 7 nitrogen and oxygen atoms in total. The Bertz CT molecular complexity index is 1110. The number of benzene rings is 1. The average molecular weight is 422 g/mol. The summed E-state index contributed by atoms with van der Waals surface area (Å²) in [7, 11) is 0. The van der Waals surface area contributed by atoms with E-state index in [4.69, 9.17) is 9.72 Å². The van der Waals surface area contributed by atoms with Gasteiger partial charge in [0.2, 0.25) is 0 Å². The monoisotopic (exact) mass is 421 g/mol. The maximum atomic E-state index is 12.8. The van der Waals surface area contributed by atoms with Gasteiger partial charge in [-0.15, -0.1) is 0 Å². The SMILES string of the molecule is CCOc1cccc(CN2C[C@@H](C)[C@H](c3nc4c(cnn4C4CCCC4)c(=O)[nH]3)C2)c1. The lowest BCUT2D eigenvalue weighted by atomic mass is 9.97. The fourth-order valence-electron chi connectivity index (χ4n) is 5.26. The molecular weight excluding hydrogens is 390 g/mol. The number of nitrogens with zero attached hydrogens (tertiary/aromatic N) is 4. The van der Waals surface area contributed by atoms with Gasteiger partial charge in [0.15, 0.2) is 5.65 Å². The lowest BCUT2D eigenvalue weighted by Crippen LogP contribution is -2.21. The van der Waals surface area contributed by atoms with Crippen LogP contribution in [-0.2, 0) is 6.54 Å². The van der Waals surface area contributed by atoms with E-state index < -0.39 is 0 Å². The number of hydrogen-bond acceptors (Lipinski definition) is 5. The summed E-state index contributed by atoms with van der Waals surface area (Å²) in [5.41, 5.74) is 1.93. The van der Waals surface area contributed by atoms with Gasteiger partial charge in [-0.25, -0.2) is 9.67 Å². The Morgan fingerprint density at radius 1 is 1.23 bits per heavy atom. The van der Waals surface area contributed by atoms with Gasteiger partial charge in [-0.05, 0) is 43.4 Å². The molecule has 1 N–H and O–H groups in total. The van der Waals surface area contributed by atoms with Gasteiger partial charge in [-0.3, -0.25) is 9.69 Å². The van der Waals surface area contributed by atoms with E-state index in [0.29, 0.717) is 24.0 Å². The van der Waals surface area contributed by atoms with Gasteiger partial charge >= 0.3 is 0 Å². The molecule has 1 aliphatic carbocycles. The van der Waals surface area contributed by atoms with Crippen LogP contribution in [0.2, 0.25) is 0 Å². The van der Waals surface area contributed by atoms with Crippen LogP contribution in [0.4, 0.5) is 0 Å². The Labute approximate surface area is 182 Å². The van der Waals surface area contributed by atoms with E-state index in [1.165, 1.54) is 18.4 Å². The third-order valence-corrected chi connectivity index (χ3v) is 6.81. The highest BCUT2D eigenvalue weighted by atomic mass is 16.5. The van der Waals surface area contributed by atoms with Gasteiger partial charge in [0.05, 0.1) is 18.8 Å². The lowest BCUT2D eigenvalue weighted by molar-refractivity contribution is 0.315. The second-order valence-electron chi connectivity index (χ2n) is 9.07. The molecule has 1 saturated heterocycles. The minimum Gasteiger partial charge on any atom is -0.494 e. The van der Waals surface area contributed by atoms with E-state index in [2.05, 4.69) is 40.1 Å². The molecular formula is C24H31N5O2. The molecule has 0 spiro atoms. The van der Waals surface area contributed by atoms with E-state index in [1.807, 2.05) is 17.7 Å². The summed E-state index contributed by atoms with van der Waals surface area (Å²) >= 11 is 0. The number of aromatic nitrogens is 4. The van der Waals surface area contributed by atoms with E-state index in [1.54, 1.807) is 6.20 Å². The van der Waals surface area contributed by atoms with Crippen molar-refractivity contribution in [2.24, 2.45) is 5.92 Å². The zero-order valence-electron chi connectivity index (χ0n) is 18.4. The fraction of sp³-hybridized carbons (Fsp3) is 0.542. The molecule has 7 heteroatoms. The Kier molecular flexibility index (Phi) is 5.52. The molecule has 164 valence electrons. The van der Waals surface area contributed by atoms with Crippen molar-refractivity contribution in [2.45, 2.75) is 58.0 Å². The van der Waals surface area contributed by atoms with Gasteiger partial charge in [0, 0.05) is 25.6 Å². The summed E-state index contributed by atoms with van der Waals surface area (Å²) in [6, 6.07) is 8.68. The number of aromatic amines is 1. The van der Waals surface area contributed by atoms with E-state index >= 15 is 0 Å². The molecule has 2 aromatic heterocycles. The van der Waals surface area contributed by atoms with Crippen molar-refractivity contribution in [3.8, 4) is 5.75 Å². The van der Waals surface area contributed by atoms with Gasteiger partial charge in [-0.2, -0.15) is 5.10 Å². The van der Waals surface area contributed by atoms with Crippen molar-refractivity contribution < 1.29 is 4.74 Å². The van der Waals surface area contributed by atoms with Crippen molar-refractivity contribution in [1.29, 1.82) is 0 Å². The molecule has 1 aliphatic heterocycles. The van der Waals surface area contributed by atoms with Crippen molar-refractivity contribution in [2.75, 3.05) is 19.7 Å². The first-order valence-corrected chi connectivity index (χ1v) is 11.5. The van der Waals surface area contributed by atoms with Gasteiger partial charge in [0.25, 0.3) is 5.56 Å². The minimum absolute atomic E-state index is 0.0701. The van der Waals surface area contributed by atoms with E-state index in [-0.39, 0.29) is 11.5 Å². The maximum Gasteiger partial charge on any atom is 0.262 e. The number of hydrogen-bond donors (Lipinski definition) is 1. The number of nitrogens with one attached hydrogen (secondary N) is 1. The summed E-state index contributed by atoms with van der Waals surface area (Å²) in [4.78, 5) is 23.3. The van der Waals surface area contributed by atoms with Crippen LogP contribution in [0.3, 0.4) is 0 Å². The molecule has 2 fully saturated rings. The Morgan fingerprint density at radius 3 is 2.87 bits per heavy atom. The smallest absolute Gasteiger partial charge is 0.262 e. The molecule has 5 rings (SSSR count). The number of likely N-dealkylation sites (tertiary alicyclic amines) is 1. The third-order valence-electron chi connectivity index (χ3n) is 6.81. The number of ether oxygens (including phenoxy) is 1. The first-order chi connectivity index (χ1) is 15.1. The normalized spacial score (nSPS) is 22.5. The molecule has 2 atom stereocenters. The second kappa shape index (κ2) is 8.46. The van der Waals surface area contributed by atoms with Crippen LogP contribution in [0.1, 0.15) is 62.9 Å². The van der Waals surface area contributed by atoms with Crippen molar-refractivity contribution in [3.63, 3.8) is 0 Å². The van der Waals surface area contributed by atoms with Crippen LogP contribution < -0.4 is 10.3 Å². The van der Waals surface area contributed by atoms with Crippen LogP contribution in [-0.4, -0.2) is 44.3 Å². The van der Waals surface area contributed by atoms with E-state index in [9.17, 15) is 4.79 Å². The predicted molar refractivity (Wildman–Crippen MR) is 120 cm³/mol. The number of fused-ring (bicyclic) bond motifs is 1. The van der Waals surface area contributed by atoms with Gasteiger partial charge < -0.3 is 9.72 Å². The maximum absolute atomic E-state index is 12.8.